The molecular weight excluding hydrogens is 156 g/mol. The summed E-state index contributed by atoms with van der Waals surface area (Å²) in [6.45, 7) is 0.731. The smallest absolute Gasteiger partial charge is 0.244 e. The fourth-order valence-corrected chi connectivity index (χ4v) is 1.23. The van der Waals surface area contributed by atoms with Crippen molar-refractivity contribution in [2.45, 2.75) is 25.3 Å². The van der Waals surface area contributed by atoms with Gasteiger partial charge in [0.25, 0.3) is 0 Å². The highest BCUT2D eigenvalue weighted by atomic mass is 16.2. The van der Waals surface area contributed by atoms with Gasteiger partial charge in [-0.1, -0.05) is 0 Å². The number of rotatable bonds is 1. The van der Waals surface area contributed by atoms with E-state index in [0.29, 0.717) is 0 Å². The summed E-state index contributed by atoms with van der Waals surface area (Å²) in [7, 11) is 0. The average molecular weight is 170 g/mol. The molecule has 1 aliphatic heterocycles. The molecule has 0 aromatic carbocycles. The Morgan fingerprint density at radius 3 is 2.92 bits per heavy atom. The normalized spacial score (nSPS) is 24.0. The predicted octanol–water partition coefficient (Wildman–Crippen LogP) is -1.07. The van der Waals surface area contributed by atoms with E-state index in [-0.39, 0.29) is 17.9 Å². The summed E-state index contributed by atoms with van der Waals surface area (Å²) in [6.07, 6.45) is 2.73. The van der Waals surface area contributed by atoms with Gasteiger partial charge >= 0.3 is 0 Å². The number of nitrogens with zero attached hydrogens (tertiary/aromatic N) is 1. The largest absolute Gasteiger partial charge is 0.370 e. The molecule has 1 rings (SSSR count). The molecule has 5 N–H and O–H groups in total. The number of guanidine groups is 1. The third-order valence-electron chi connectivity index (χ3n) is 1.81. The van der Waals surface area contributed by atoms with Crippen LogP contribution >= 0.6 is 0 Å². The Kier molecular flexibility index (Phi) is 2.90. The lowest BCUT2D eigenvalue weighted by molar-refractivity contribution is -0.121. The van der Waals surface area contributed by atoms with Gasteiger partial charge in [0.2, 0.25) is 5.91 Å². The predicted molar refractivity (Wildman–Crippen MR) is 46.5 cm³/mol. The van der Waals surface area contributed by atoms with Gasteiger partial charge in [0.1, 0.15) is 6.04 Å². The maximum absolute atomic E-state index is 11.2. The van der Waals surface area contributed by atoms with Crippen molar-refractivity contribution in [3.05, 3.63) is 0 Å². The van der Waals surface area contributed by atoms with Crippen LogP contribution in [-0.2, 0) is 4.79 Å². The van der Waals surface area contributed by atoms with Gasteiger partial charge in [-0.05, 0) is 19.3 Å². The Morgan fingerprint density at radius 1 is 1.50 bits per heavy atom. The molecule has 5 heteroatoms. The highest BCUT2D eigenvalue weighted by Gasteiger charge is 2.19. The quantitative estimate of drug-likeness (QED) is 0.345. The van der Waals surface area contributed by atoms with E-state index in [9.17, 15) is 4.79 Å². The number of nitrogens with one attached hydrogen (secondary N) is 1. The first-order valence-corrected chi connectivity index (χ1v) is 4.06. The molecule has 12 heavy (non-hydrogen) atoms. The molecule has 0 bridgehead atoms. The zero-order chi connectivity index (χ0) is 8.97. The van der Waals surface area contributed by atoms with Crippen molar-refractivity contribution in [1.29, 1.82) is 0 Å². The lowest BCUT2D eigenvalue weighted by atomic mass is 10.1. The molecule has 1 unspecified atom stereocenters. The summed E-state index contributed by atoms with van der Waals surface area (Å²) in [5.74, 6) is -0.0852. The SMILES string of the molecule is NC(N)=NC1CCCCNC1=O. The third kappa shape index (κ3) is 2.41. The van der Waals surface area contributed by atoms with Crippen LogP contribution in [0.1, 0.15) is 19.3 Å². The van der Waals surface area contributed by atoms with Crippen LogP contribution < -0.4 is 16.8 Å². The molecule has 0 aromatic heterocycles. The maximum Gasteiger partial charge on any atom is 0.244 e. The molecule has 0 radical (unpaired) electrons. The van der Waals surface area contributed by atoms with Crippen LogP contribution in [0.15, 0.2) is 4.99 Å². The number of nitrogens with two attached hydrogens (primary N) is 2. The molecule has 5 nitrogen and oxygen atoms in total. The monoisotopic (exact) mass is 170 g/mol. The molecule has 1 fully saturated rings. The number of amides is 1. The highest BCUT2D eigenvalue weighted by molar-refractivity contribution is 5.86. The lowest BCUT2D eigenvalue weighted by Gasteiger charge is -2.07. The van der Waals surface area contributed by atoms with Crippen molar-refractivity contribution in [2.24, 2.45) is 16.5 Å². The lowest BCUT2D eigenvalue weighted by Crippen LogP contribution is -2.35. The first-order valence-electron chi connectivity index (χ1n) is 4.06. The molecule has 0 aromatic rings. The van der Waals surface area contributed by atoms with E-state index in [1.807, 2.05) is 0 Å². The van der Waals surface area contributed by atoms with E-state index in [1.54, 1.807) is 0 Å². The molecule has 0 aliphatic carbocycles. The molecule has 1 atom stereocenters. The van der Waals surface area contributed by atoms with E-state index in [1.165, 1.54) is 0 Å². The number of carbonyl (C=O) groups excluding carboxylic acids is 1. The van der Waals surface area contributed by atoms with Gasteiger partial charge in [-0.3, -0.25) is 4.79 Å². The summed E-state index contributed by atoms with van der Waals surface area (Å²) in [6, 6.07) is -0.377. The number of hydrogen-bond donors (Lipinski definition) is 3. The van der Waals surface area contributed by atoms with Crippen LogP contribution in [0.25, 0.3) is 0 Å². The molecule has 1 saturated heterocycles. The Labute approximate surface area is 71.2 Å². The van der Waals surface area contributed by atoms with Gasteiger partial charge in [0, 0.05) is 6.54 Å². The van der Waals surface area contributed by atoms with Crippen molar-refractivity contribution in [1.82, 2.24) is 5.32 Å². The number of carbonyl (C=O) groups is 1. The van der Waals surface area contributed by atoms with Gasteiger partial charge in [-0.2, -0.15) is 0 Å². The van der Waals surface area contributed by atoms with Crippen molar-refractivity contribution < 1.29 is 4.79 Å². The number of aliphatic imine (C=N–C) groups is 1. The van der Waals surface area contributed by atoms with Crippen molar-refractivity contribution in [3.63, 3.8) is 0 Å². The van der Waals surface area contributed by atoms with Gasteiger partial charge < -0.3 is 16.8 Å². The topological polar surface area (TPSA) is 93.5 Å². The zero-order valence-corrected chi connectivity index (χ0v) is 6.92. The Hall–Kier alpha value is -1.26. The molecule has 68 valence electrons. The highest BCUT2D eigenvalue weighted by Crippen LogP contribution is 2.08. The van der Waals surface area contributed by atoms with Gasteiger partial charge in [-0.15, -0.1) is 0 Å². The second-order valence-electron chi connectivity index (χ2n) is 2.86. The second kappa shape index (κ2) is 3.94. The van der Waals surface area contributed by atoms with Crippen LogP contribution in [0.4, 0.5) is 0 Å². The van der Waals surface area contributed by atoms with Gasteiger partial charge in [0.15, 0.2) is 5.96 Å². The van der Waals surface area contributed by atoms with Crippen LogP contribution in [0, 0.1) is 0 Å². The van der Waals surface area contributed by atoms with E-state index in [2.05, 4.69) is 10.3 Å². The fraction of sp³-hybridized carbons (Fsp3) is 0.714. The van der Waals surface area contributed by atoms with Crippen molar-refractivity contribution in [2.75, 3.05) is 6.54 Å². The average Bonchev–Trinajstić information content (AvgIpc) is 2.16. The third-order valence-corrected chi connectivity index (χ3v) is 1.81. The molecule has 0 saturated carbocycles. The van der Waals surface area contributed by atoms with E-state index in [0.717, 1.165) is 25.8 Å². The van der Waals surface area contributed by atoms with Crippen LogP contribution in [0.5, 0.6) is 0 Å². The first-order chi connectivity index (χ1) is 5.70. The van der Waals surface area contributed by atoms with Crippen molar-refractivity contribution in [3.8, 4) is 0 Å². The van der Waals surface area contributed by atoms with Gasteiger partial charge in [0.05, 0.1) is 0 Å². The summed E-state index contributed by atoms with van der Waals surface area (Å²) < 4.78 is 0. The van der Waals surface area contributed by atoms with Crippen LogP contribution in [0.2, 0.25) is 0 Å². The molecule has 1 aliphatic rings. The summed E-state index contributed by atoms with van der Waals surface area (Å²) >= 11 is 0. The van der Waals surface area contributed by atoms with Gasteiger partial charge in [-0.25, -0.2) is 4.99 Å². The van der Waals surface area contributed by atoms with E-state index >= 15 is 0 Å². The molecule has 1 amide bonds. The maximum atomic E-state index is 11.2. The van der Waals surface area contributed by atoms with E-state index in [4.69, 9.17) is 11.5 Å². The minimum Gasteiger partial charge on any atom is -0.370 e. The van der Waals surface area contributed by atoms with Crippen LogP contribution in [0.3, 0.4) is 0 Å². The zero-order valence-electron chi connectivity index (χ0n) is 6.92. The molecular formula is C7H14N4O. The van der Waals surface area contributed by atoms with Crippen LogP contribution in [-0.4, -0.2) is 24.5 Å². The Balaban J connectivity index is 2.59. The van der Waals surface area contributed by atoms with E-state index < -0.39 is 0 Å². The number of hydrogen-bond acceptors (Lipinski definition) is 2. The minimum absolute atomic E-state index is 0.0166. The Bertz CT molecular complexity index is 198. The standard InChI is InChI=1S/C7H14N4O/c8-7(9)11-5-3-1-2-4-10-6(5)12/h5H,1-4H2,(H,10,12)(H4,8,9,11). The molecule has 0 spiro atoms. The summed E-state index contributed by atoms with van der Waals surface area (Å²) in [4.78, 5) is 15.1. The fourth-order valence-electron chi connectivity index (χ4n) is 1.23. The molecule has 1 heterocycles. The minimum atomic E-state index is -0.377. The van der Waals surface area contributed by atoms with Crippen molar-refractivity contribution >= 4 is 11.9 Å². The Morgan fingerprint density at radius 2 is 2.25 bits per heavy atom. The second-order valence-corrected chi connectivity index (χ2v) is 2.86. The first kappa shape index (κ1) is 8.83. The summed E-state index contributed by atoms with van der Waals surface area (Å²) in [5.41, 5.74) is 10.4. The summed E-state index contributed by atoms with van der Waals surface area (Å²) in [5, 5.41) is 2.74.